The minimum absolute atomic E-state index is 0.0258. The molecule has 3 aliphatic heterocycles. The minimum atomic E-state index is -3.17. The second-order valence-electron chi connectivity index (χ2n) is 17.2. The third kappa shape index (κ3) is 18.0. The van der Waals surface area contributed by atoms with Crippen molar-refractivity contribution in [2.75, 3.05) is 151 Å². The number of para-hydroxylation sites is 1. The Balaban J connectivity index is 0.979. The molecule has 3 aliphatic rings. The molecule has 25 heteroatoms. The first-order valence-electron chi connectivity index (χ1n) is 22.9. The van der Waals surface area contributed by atoms with Crippen molar-refractivity contribution in [3.63, 3.8) is 0 Å². The van der Waals surface area contributed by atoms with Crippen LogP contribution in [-0.2, 0) is 28.8 Å². The number of fused-ring (bicyclic) bond motifs is 1. The molecule has 23 nitrogen and oxygen atoms in total. The average molecular weight is 973 g/mol. The Morgan fingerprint density at radius 3 is 1.70 bits per heavy atom. The number of ether oxygens (including phenoxy) is 1. The molecule has 1 aromatic heterocycles. The van der Waals surface area contributed by atoms with Gasteiger partial charge in [0.25, 0.3) is 11.8 Å². The minimum Gasteiger partial charge on any atom is -0.491 e. The van der Waals surface area contributed by atoms with E-state index < -0.39 is 61.2 Å². The molecule has 1 atom stereocenters. The number of aliphatic carboxylic acids is 3. The van der Waals surface area contributed by atoms with Crippen LogP contribution in [-0.4, -0.2) is 259 Å². The van der Waals surface area contributed by atoms with Gasteiger partial charge in [-0.15, -0.1) is 0 Å². The molecule has 4 amide bonds. The van der Waals surface area contributed by atoms with Crippen molar-refractivity contribution < 1.29 is 62.4 Å². The Morgan fingerprint density at radius 1 is 0.696 bits per heavy atom. The molecule has 3 fully saturated rings. The average Bonchev–Trinajstić information content (AvgIpc) is 3.63. The zero-order valence-corrected chi connectivity index (χ0v) is 38.5. The maximum Gasteiger partial charge on any atom is 0.317 e. The van der Waals surface area contributed by atoms with Crippen molar-refractivity contribution in [1.29, 1.82) is 5.26 Å². The molecule has 0 bridgehead atoms. The number of carbonyl (C=O) groups excluding carboxylic acids is 4. The SMILES string of the molecule is N#C[C@@H]1CC(F)(F)CN1C(=O)CNC(=O)c1ccnc2c(OCCCNC(=O)CN3CCN(CCNC(=O)CN4CCN(CC(=O)O)CCN(CC(=O)O)CCN(CC(=O)O)CC4)CC3)cccc12. The van der Waals surface area contributed by atoms with Crippen LogP contribution in [0.3, 0.4) is 0 Å². The predicted molar refractivity (Wildman–Crippen MR) is 242 cm³/mol. The number of carboxylic acid groups (broad SMARTS) is 3. The fourth-order valence-electron chi connectivity index (χ4n) is 8.32. The van der Waals surface area contributed by atoms with Crippen molar-refractivity contribution in [2.45, 2.75) is 24.8 Å². The fourth-order valence-corrected chi connectivity index (χ4v) is 8.32. The Labute approximate surface area is 397 Å². The number of nitrogens with zero attached hydrogens (tertiary/aromatic N) is 9. The molecule has 5 rings (SSSR count). The number of rotatable bonds is 21. The lowest BCUT2D eigenvalue weighted by Gasteiger charge is -2.34. The van der Waals surface area contributed by atoms with Gasteiger partial charge in [0.05, 0.1) is 64.1 Å². The van der Waals surface area contributed by atoms with Crippen molar-refractivity contribution >= 4 is 52.4 Å². The molecule has 1 aromatic carbocycles. The van der Waals surface area contributed by atoms with Crippen LogP contribution < -0.4 is 20.7 Å². The Bertz CT molecular complexity index is 2130. The van der Waals surface area contributed by atoms with E-state index in [0.717, 1.165) is 4.90 Å². The van der Waals surface area contributed by atoms with Crippen LogP contribution in [0.5, 0.6) is 5.75 Å². The van der Waals surface area contributed by atoms with E-state index in [2.05, 4.69) is 25.8 Å². The van der Waals surface area contributed by atoms with Gasteiger partial charge in [0.15, 0.2) is 0 Å². The number of carbonyl (C=O) groups is 7. The van der Waals surface area contributed by atoms with Crippen LogP contribution >= 0.6 is 0 Å². The molecular formula is C44H62F2N12O11. The summed E-state index contributed by atoms with van der Waals surface area (Å²) in [5.74, 6) is -7.65. The predicted octanol–water partition coefficient (Wildman–Crippen LogP) is -2.18. The fraction of sp³-hybridized carbons (Fsp3) is 0.614. The highest BCUT2D eigenvalue weighted by atomic mass is 19.3. The van der Waals surface area contributed by atoms with Crippen molar-refractivity contribution in [2.24, 2.45) is 0 Å². The molecule has 0 unspecified atom stereocenters. The highest BCUT2D eigenvalue weighted by molar-refractivity contribution is 6.08. The van der Waals surface area contributed by atoms with E-state index >= 15 is 0 Å². The molecule has 3 saturated heterocycles. The van der Waals surface area contributed by atoms with E-state index in [0.29, 0.717) is 95.1 Å². The Hall–Kier alpha value is -6.17. The van der Waals surface area contributed by atoms with E-state index in [1.807, 2.05) is 9.80 Å². The number of piperazine rings is 1. The summed E-state index contributed by atoms with van der Waals surface area (Å²) in [5.41, 5.74) is 0.579. The number of nitriles is 1. The maximum absolute atomic E-state index is 13.8. The Morgan fingerprint density at radius 2 is 1.19 bits per heavy atom. The van der Waals surface area contributed by atoms with Gasteiger partial charge < -0.3 is 40.9 Å². The number of nitrogens with one attached hydrogen (secondary N) is 3. The van der Waals surface area contributed by atoms with Gasteiger partial charge in [0.2, 0.25) is 17.7 Å². The van der Waals surface area contributed by atoms with E-state index in [4.69, 9.17) is 4.74 Å². The summed E-state index contributed by atoms with van der Waals surface area (Å²) < 4.78 is 33.6. The van der Waals surface area contributed by atoms with Gasteiger partial charge in [-0.25, -0.2) is 8.78 Å². The van der Waals surface area contributed by atoms with Crippen LogP contribution in [0.1, 0.15) is 23.2 Å². The van der Waals surface area contributed by atoms with Gasteiger partial charge in [-0.3, -0.25) is 67.9 Å². The van der Waals surface area contributed by atoms with E-state index in [9.17, 15) is 62.9 Å². The summed E-state index contributed by atoms with van der Waals surface area (Å²) >= 11 is 0. The quantitative estimate of drug-likeness (QED) is 0.0726. The number of benzene rings is 1. The molecule has 69 heavy (non-hydrogen) atoms. The lowest BCUT2D eigenvalue weighted by molar-refractivity contribution is -0.140. The van der Waals surface area contributed by atoms with Gasteiger partial charge in [-0.1, -0.05) is 12.1 Å². The number of carboxylic acids is 3. The first-order chi connectivity index (χ1) is 33.0. The van der Waals surface area contributed by atoms with Crippen LogP contribution in [0.2, 0.25) is 0 Å². The number of hydrogen-bond acceptors (Lipinski definition) is 16. The first kappa shape index (κ1) is 53.8. The lowest BCUT2D eigenvalue weighted by atomic mass is 10.1. The standard InChI is InChI=1S/C44H62F2N12O11/c45-44(46)23-32(24-47)58(31-44)38(61)25-51-43(68)34-5-7-50-42-33(34)3-1-4-35(42)69-22-2-6-48-36(59)26-53-12-10-52(11-13-53)9-8-49-37(60)27-54-14-16-55(28-39(62)63)18-20-57(30-41(66)67)21-19-56(17-15-54)29-40(64)65/h1,3-5,7,32H,2,6,8-23,25-31H2,(H,48,59)(H,49,60)(H,51,68)(H,62,63)(H,64,65)(H,66,67)/t32-/m0/s1. The van der Waals surface area contributed by atoms with Gasteiger partial charge in [-0.2, -0.15) is 5.26 Å². The summed E-state index contributed by atoms with van der Waals surface area (Å²) in [7, 11) is 0. The van der Waals surface area contributed by atoms with Crippen LogP contribution in [0.25, 0.3) is 10.9 Å². The molecule has 6 N–H and O–H groups in total. The maximum atomic E-state index is 13.8. The molecule has 0 spiro atoms. The summed E-state index contributed by atoms with van der Waals surface area (Å²) in [6.07, 6.45) is 1.13. The zero-order chi connectivity index (χ0) is 49.9. The molecule has 0 aliphatic carbocycles. The zero-order valence-electron chi connectivity index (χ0n) is 38.5. The highest BCUT2D eigenvalue weighted by Gasteiger charge is 2.47. The molecule has 0 radical (unpaired) electrons. The van der Waals surface area contributed by atoms with Gasteiger partial charge in [-0.05, 0) is 18.6 Å². The van der Waals surface area contributed by atoms with Crippen LogP contribution in [0, 0.1) is 11.3 Å². The lowest BCUT2D eigenvalue weighted by Crippen LogP contribution is -2.51. The number of alkyl halides is 2. The van der Waals surface area contributed by atoms with Gasteiger partial charge in [0, 0.05) is 116 Å². The topological polar surface area (TPSA) is 285 Å². The van der Waals surface area contributed by atoms with E-state index in [1.165, 1.54) is 12.3 Å². The number of pyridine rings is 1. The number of aromatic nitrogens is 1. The normalized spacial score (nSPS) is 19.4. The summed E-state index contributed by atoms with van der Waals surface area (Å²) in [6.45, 7) is 4.69. The molecule has 0 saturated carbocycles. The summed E-state index contributed by atoms with van der Waals surface area (Å²) in [6, 6.07) is 6.92. The third-order valence-electron chi connectivity index (χ3n) is 12.0. The molecule has 2 aromatic rings. The van der Waals surface area contributed by atoms with Gasteiger partial charge >= 0.3 is 17.9 Å². The summed E-state index contributed by atoms with van der Waals surface area (Å²) in [4.78, 5) is 102. The largest absolute Gasteiger partial charge is 0.491 e. The second-order valence-corrected chi connectivity index (χ2v) is 17.2. The smallest absolute Gasteiger partial charge is 0.317 e. The van der Waals surface area contributed by atoms with Crippen LogP contribution in [0.4, 0.5) is 8.78 Å². The third-order valence-corrected chi connectivity index (χ3v) is 12.0. The van der Waals surface area contributed by atoms with Crippen molar-refractivity contribution in [3.8, 4) is 11.8 Å². The van der Waals surface area contributed by atoms with E-state index in [-0.39, 0.29) is 82.9 Å². The monoisotopic (exact) mass is 972 g/mol. The number of amides is 4. The molecule has 378 valence electrons. The molecule has 4 heterocycles. The highest BCUT2D eigenvalue weighted by Crippen LogP contribution is 2.32. The van der Waals surface area contributed by atoms with Crippen molar-refractivity contribution in [1.82, 2.24) is 55.2 Å². The number of halogens is 2. The summed E-state index contributed by atoms with van der Waals surface area (Å²) in [5, 5.41) is 46.3. The van der Waals surface area contributed by atoms with Crippen molar-refractivity contribution in [3.05, 3.63) is 36.0 Å². The van der Waals surface area contributed by atoms with E-state index in [1.54, 1.807) is 39.0 Å². The number of hydrogen-bond donors (Lipinski definition) is 6. The van der Waals surface area contributed by atoms with Crippen LogP contribution in [0.15, 0.2) is 30.5 Å². The molecular weight excluding hydrogens is 911 g/mol. The number of likely N-dealkylation sites (tertiary alicyclic amines) is 1. The Kier molecular flexibility index (Phi) is 20.7. The first-order valence-corrected chi connectivity index (χ1v) is 22.9. The second kappa shape index (κ2) is 26.5. The van der Waals surface area contributed by atoms with Gasteiger partial charge in [0.1, 0.15) is 17.3 Å².